The summed E-state index contributed by atoms with van der Waals surface area (Å²) in [6, 6.07) is 6.02. The molecule has 1 aromatic carbocycles. The Morgan fingerprint density at radius 2 is 2.19 bits per heavy atom. The van der Waals surface area contributed by atoms with Crippen molar-refractivity contribution in [3.05, 3.63) is 28.2 Å². The van der Waals surface area contributed by atoms with Gasteiger partial charge in [-0.3, -0.25) is 0 Å². The number of nitrogens with two attached hydrogens (primary N) is 1. The lowest BCUT2D eigenvalue weighted by Gasteiger charge is -2.43. The zero-order valence-electron chi connectivity index (χ0n) is 13.2. The molecule has 1 saturated carbocycles. The highest BCUT2D eigenvalue weighted by Crippen LogP contribution is 2.38. The van der Waals surface area contributed by atoms with Gasteiger partial charge in [0, 0.05) is 17.6 Å². The number of rotatable bonds is 5. The molecule has 118 valence electrons. The molecule has 1 aromatic rings. The van der Waals surface area contributed by atoms with Crippen LogP contribution in [-0.4, -0.2) is 25.9 Å². The zero-order valence-corrected chi connectivity index (χ0v) is 14.8. The maximum absolute atomic E-state index is 6.56. The molecule has 21 heavy (non-hydrogen) atoms. The average molecular weight is 356 g/mol. The Hall–Kier alpha value is -0.580. The summed E-state index contributed by atoms with van der Waals surface area (Å²) in [5, 5.41) is 0. The molecule has 0 spiro atoms. The minimum absolute atomic E-state index is 0.00587. The molecule has 2 N–H and O–H groups in total. The van der Waals surface area contributed by atoms with E-state index >= 15 is 0 Å². The fraction of sp³-hybridized carbons (Fsp3) is 0.647. The van der Waals surface area contributed by atoms with Crippen LogP contribution in [0.2, 0.25) is 0 Å². The van der Waals surface area contributed by atoms with Crippen LogP contribution in [0.4, 0.5) is 0 Å². The smallest absolute Gasteiger partial charge is 0.119 e. The molecule has 0 saturated heterocycles. The normalized spacial score (nSPS) is 27.4. The molecule has 0 aliphatic heterocycles. The number of hydrogen-bond acceptors (Lipinski definition) is 3. The molecule has 0 amide bonds. The number of halogens is 1. The van der Waals surface area contributed by atoms with E-state index in [4.69, 9.17) is 15.2 Å². The molecule has 1 fully saturated rings. The van der Waals surface area contributed by atoms with Gasteiger partial charge in [-0.2, -0.15) is 0 Å². The summed E-state index contributed by atoms with van der Waals surface area (Å²) < 4.78 is 12.3. The van der Waals surface area contributed by atoms with Crippen molar-refractivity contribution in [2.75, 3.05) is 14.2 Å². The monoisotopic (exact) mass is 355 g/mol. The second-order valence-corrected chi connectivity index (χ2v) is 7.09. The van der Waals surface area contributed by atoms with E-state index in [1.165, 1.54) is 18.4 Å². The van der Waals surface area contributed by atoms with Crippen molar-refractivity contribution in [1.29, 1.82) is 0 Å². The van der Waals surface area contributed by atoms with E-state index in [1.807, 2.05) is 12.1 Å². The Balaban J connectivity index is 2.17. The van der Waals surface area contributed by atoms with Crippen molar-refractivity contribution in [3.63, 3.8) is 0 Å². The highest BCUT2D eigenvalue weighted by atomic mass is 79.9. The van der Waals surface area contributed by atoms with Gasteiger partial charge in [-0.25, -0.2) is 0 Å². The fourth-order valence-corrected chi connectivity index (χ4v) is 3.88. The van der Waals surface area contributed by atoms with Gasteiger partial charge in [-0.05, 0) is 48.9 Å². The number of hydrogen-bond donors (Lipinski definition) is 1. The molecule has 3 nitrogen and oxygen atoms in total. The number of ether oxygens (including phenoxy) is 2. The predicted octanol–water partition coefficient (Wildman–Crippen LogP) is 3.92. The second-order valence-electron chi connectivity index (χ2n) is 6.24. The van der Waals surface area contributed by atoms with Crippen LogP contribution in [0.1, 0.15) is 38.2 Å². The van der Waals surface area contributed by atoms with Crippen molar-refractivity contribution in [2.24, 2.45) is 11.7 Å². The van der Waals surface area contributed by atoms with Gasteiger partial charge in [0.05, 0.1) is 12.7 Å². The zero-order chi connectivity index (χ0) is 15.5. The van der Waals surface area contributed by atoms with E-state index in [9.17, 15) is 0 Å². The van der Waals surface area contributed by atoms with E-state index in [2.05, 4.69) is 28.9 Å². The molecule has 0 aromatic heterocycles. The van der Waals surface area contributed by atoms with Crippen molar-refractivity contribution >= 4 is 15.9 Å². The van der Waals surface area contributed by atoms with E-state index in [1.54, 1.807) is 14.2 Å². The standard InChI is InChI=1S/C17H26BrNO2/c1-12-5-4-8-17(11-12,21-3)16(19)10-13-9-14(20-2)6-7-15(13)18/h6-7,9,12,16H,4-5,8,10-11,19H2,1-3H3. The minimum Gasteiger partial charge on any atom is -0.497 e. The Labute approximate surface area is 136 Å². The third-order valence-corrected chi connectivity index (χ3v) is 5.54. The molecule has 0 heterocycles. The Kier molecular flexibility index (Phi) is 5.69. The number of benzene rings is 1. The van der Waals surface area contributed by atoms with E-state index in [0.717, 1.165) is 29.5 Å². The van der Waals surface area contributed by atoms with E-state index in [-0.39, 0.29) is 11.6 Å². The maximum Gasteiger partial charge on any atom is 0.119 e. The topological polar surface area (TPSA) is 44.5 Å². The fourth-order valence-electron chi connectivity index (χ4n) is 3.47. The summed E-state index contributed by atoms with van der Waals surface area (Å²) in [6.45, 7) is 2.29. The summed E-state index contributed by atoms with van der Waals surface area (Å²) in [6.07, 6.45) is 5.36. The highest BCUT2D eigenvalue weighted by molar-refractivity contribution is 9.10. The van der Waals surface area contributed by atoms with E-state index < -0.39 is 0 Å². The van der Waals surface area contributed by atoms with Gasteiger partial charge in [0.15, 0.2) is 0 Å². The van der Waals surface area contributed by atoms with Crippen LogP contribution < -0.4 is 10.5 Å². The lowest BCUT2D eigenvalue weighted by atomic mass is 9.73. The summed E-state index contributed by atoms with van der Waals surface area (Å²) in [7, 11) is 3.49. The van der Waals surface area contributed by atoms with Crippen molar-refractivity contribution in [2.45, 2.75) is 50.7 Å². The quantitative estimate of drug-likeness (QED) is 0.870. The molecule has 2 rings (SSSR count). The summed E-state index contributed by atoms with van der Waals surface area (Å²) in [5.74, 6) is 1.54. The third kappa shape index (κ3) is 3.79. The van der Waals surface area contributed by atoms with Gasteiger partial charge in [-0.15, -0.1) is 0 Å². The van der Waals surface area contributed by atoms with Gasteiger partial charge < -0.3 is 15.2 Å². The van der Waals surface area contributed by atoms with Crippen molar-refractivity contribution in [1.82, 2.24) is 0 Å². The summed E-state index contributed by atoms with van der Waals surface area (Å²) in [5.41, 5.74) is 7.54. The molecule has 4 heteroatoms. The first-order valence-corrected chi connectivity index (χ1v) is 8.43. The lowest BCUT2D eigenvalue weighted by Crippen LogP contribution is -2.53. The molecular formula is C17H26BrNO2. The van der Waals surface area contributed by atoms with Gasteiger partial charge in [0.25, 0.3) is 0 Å². The predicted molar refractivity (Wildman–Crippen MR) is 89.7 cm³/mol. The van der Waals surface area contributed by atoms with E-state index in [0.29, 0.717) is 5.92 Å². The average Bonchev–Trinajstić information content (AvgIpc) is 2.49. The lowest BCUT2D eigenvalue weighted by molar-refractivity contribution is -0.0705. The number of methoxy groups -OCH3 is 2. The molecule has 0 bridgehead atoms. The Morgan fingerprint density at radius 3 is 2.81 bits per heavy atom. The van der Waals surface area contributed by atoms with Crippen LogP contribution in [0.3, 0.4) is 0 Å². The van der Waals surface area contributed by atoms with Crippen LogP contribution in [0.5, 0.6) is 5.75 Å². The first-order chi connectivity index (χ1) is 10.0. The van der Waals surface area contributed by atoms with Crippen molar-refractivity contribution < 1.29 is 9.47 Å². The molecular weight excluding hydrogens is 330 g/mol. The molecule has 1 aliphatic rings. The van der Waals surface area contributed by atoms with Crippen LogP contribution in [0.15, 0.2) is 22.7 Å². The van der Waals surface area contributed by atoms with Gasteiger partial charge in [-0.1, -0.05) is 35.7 Å². The van der Waals surface area contributed by atoms with Crippen LogP contribution in [-0.2, 0) is 11.2 Å². The summed E-state index contributed by atoms with van der Waals surface area (Å²) in [4.78, 5) is 0. The second kappa shape index (κ2) is 7.12. The Bertz CT molecular complexity index is 480. The highest BCUT2D eigenvalue weighted by Gasteiger charge is 2.40. The van der Waals surface area contributed by atoms with Gasteiger partial charge >= 0.3 is 0 Å². The van der Waals surface area contributed by atoms with Crippen molar-refractivity contribution in [3.8, 4) is 5.75 Å². The summed E-state index contributed by atoms with van der Waals surface area (Å²) >= 11 is 3.61. The maximum atomic E-state index is 6.56. The van der Waals surface area contributed by atoms with Crippen LogP contribution in [0, 0.1) is 5.92 Å². The third-order valence-electron chi connectivity index (χ3n) is 4.77. The molecule has 0 radical (unpaired) electrons. The Morgan fingerprint density at radius 1 is 1.43 bits per heavy atom. The minimum atomic E-state index is -0.194. The molecule has 3 atom stereocenters. The molecule has 3 unspecified atom stereocenters. The SMILES string of the molecule is COc1ccc(Br)c(CC(N)C2(OC)CCCC(C)C2)c1. The first kappa shape index (κ1) is 16.8. The largest absolute Gasteiger partial charge is 0.497 e. The molecule has 1 aliphatic carbocycles. The van der Waals surface area contributed by atoms with Crippen LogP contribution in [0.25, 0.3) is 0 Å². The first-order valence-electron chi connectivity index (χ1n) is 7.64. The van der Waals surface area contributed by atoms with Gasteiger partial charge in [0.1, 0.15) is 5.75 Å². The van der Waals surface area contributed by atoms with Crippen LogP contribution >= 0.6 is 15.9 Å². The van der Waals surface area contributed by atoms with Gasteiger partial charge in [0.2, 0.25) is 0 Å².